The second-order valence-corrected chi connectivity index (χ2v) is 7.22. The number of allylic oxidation sites excluding steroid dienone is 1. The highest BCUT2D eigenvalue weighted by Crippen LogP contribution is 2.34. The average molecular weight is 446 g/mol. The van der Waals surface area contributed by atoms with Gasteiger partial charge in [-0.05, 0) is 30.0 Å². The number of fused-ring (bicyclic) bond motifs is 1. The third-order valence-corrected chi connectivity index (χ3v) is 5.20. The first-order valence-electron chi connectivity index (χ1n) is 10.1. The van der Waals surface area contributed by atoms with Crippen LogP contribution in [0.5, 0.6) is 0 Å². The Kier molecular flexibility index (Phi) is 5.87. The Morgan fingerprint density at radius 3 is 2.82 bits per heavy atom. The van der Waals surface area contributed by atoms with Crippen molar-refractivity contribution in [2.75, 3.05) is 26.0 Å². The lowest BCUT2D eigenvalue weighted by molar-refractivity contribution is -0.123. The van der Waals surface area contributed by atoms with E-state index in [0.717, 1.165) is 0 Å². The molecule has 2 aromatic heterocycles. The normalized spacial score (nSPS) is 16.5. The van der Waals surface area contributed by atoms with Gasteiger partial charge in [0.1, 0.15) is 23.2 Å². The standard InChI is InChI=1S/C23H22N6O4/c1-4-20(30)28-12-14(11-15(28)13-32-3)29-23(25-2)21(22(24)31)17(27-29)9-10-19-26-16-7-5-6-8-18(16)33-19/h4-8,13-14,25H,1,11-12H2,2-3H3,(H2,24,31)/b15-13+/t14-/m0/s1. The Balaban J connectivity index is 1.75. The number of nitrogens with zero attached hydrogens (tertiary/aromatic N) is 4. The van der Waals surface area contributed by atoms with Gasteiger partial charge < -0.3 is 25.1 Å². The first kappa shape index (κ1) is 21.7. The second-order valence-electron chi connectivity index (χ2n) is 7.22. The van der Waals surface area contributed by atoms with Crippen LogP contribution in [0.1, 0.15) is 34.4 Å². The van der Waals surface area contributed by atoms with Crippen LogP contribution in [0.3, 0.4) is 0 Å². The number of rotatable bonds is 5. The van der Waals surface area contributed by atoms with Gasteiger partial charge in [-0.3, -0.25) is 9.59 Å². The number of aromatic nitrogens is 3. The fraction of sp³-hybridized carbons (Fsp3) is 0.217. The van der Waals surface area contributed by atoms with E-state index in [9.17, 15) is 9.59 Å². The number of nitrogens with one attached hydrogen (secondary N) is 1. The maximum atomic E-state index is 12.3. The summed E-state index contributed by atoms with van der Waals surface area (Å²) in [5.41, 5.74) is 7.93. The molecule has 0 saturated carbocycles. The van der Waals surface area contributed by atoms with Crippen molar-refractivity contribution in [1.82, 2.24) is 19.7 Å². The van der Waals surface area contributed by atoms with Crippen molar-refractivity contribution in [3.63, 3.8) is 0 Å². The minimum atomic E-state index is -0.683. The number of anilines is 1. The molecular formula is C23H22N6O4. The van der Waals surface area contributed by atoms with Crippen LogP contribution in [0.2, 0.25) is 0 Å². The summed E-state index contributed by atoms with van der Waals surface area (Å²) in [4.78, 5) is 30.4. The largest absolute Gasteiger partial charge is 0.503 e. The van der Waals surface area contributed by atoms with Gasteiger partial charge in [-0.15, -0.1) is 0 Å². The molecule has 2 amide bonds. The SMILES string of the molecule is C=CC(=O)N1C[C@@H](n2nc(C#Cc3nc4ccccc4o3)c(C(N)=O)c2NC)C/C1=C\OC. The zero-order chi connectivity index (χ0) is 23.5. The van der Waals surface area contributed by atoms with Crippen molar-refractivity contribution < 1.29 is 18.7 Å². The van der Waals surface area contributed by atoms with Crippen LogP contribution >= 0.6 is 0 Å². The van der Waals surface area contributed by atoms with Crippen LogP contribution in [0, 0.1) is 11.8 Å². The molecule has 0 spiro atoms. The highest BCUT2D eigenvalue weighted by Gasteiger charge is 2.35. The minimum absolute atomic E-state index is 0.145. The predicted octanol–water partition coefficient (Wildman–Crippen LogP) is 2.01. The predicted molar refractivity (Wildman–Crippen MR) is 121 cm³/mol. The van der Waals surface area contributed by atoms with Crippen molar-refractivity contribution in [2.45, 2.75) is 12.5 Å². The molecule has 168 valence electrons. The van der Waals surface area contributed by atoms with E-state index in [4.69, 9.17) is 14.9 Å². The monoisotopic (exact) mass is 446 g/mol. The number of ether oxygens (including phenoxy) is 1. The Morgan fingerprint density at radius 1 is 1.36 bits per heavy atom. The Morgan fingerprint density at radius 2 is 2.15 bits per heavy atom. The molecule has 1 aliphatic rings. The Labute approximate surface area is 189 Å². The van der Waals surface area contributed by atoms with Gasteiger partial charge in [-0.25, -0.2) is 9.67 Å². The van der Waals surface area contributed by atoms with E-state index >= 15 is 0 Å². The van der Waals surface area contributed by atoms with E-state index in [1.807, 2.05) is 18.2 Å². The molecule has 1 saturated heterocycles. The van der Waals surface area contributed by atoms with Gasteiger partial charge in [0.15, 0.2) is 11.3 Å². The first-order valence-corrected chi connectivity index (χ1v) is 10.1. The van der Waals surface area contributed by atoms with Gasteiger partial charge in [-0.1, -0.05) is 18.7 Å². The maximum absolute atomic E-state index is 12.3. The molecule has 3 N–H and O–H groups in total. The topological polar surface area (TPSA) is 129 Å². The number of primary amides is 1. The molecule has 4 rings (SSSR count). The molecule has 3 aromatic rings. The number of amides is 2. The average Bonchev–Trinajstić information content (AvgIpc) is 3.51. The molecule has 1 aromatic carbocycles. The Bertz CT molecular complexity index is 1310. The lowest BCUT2D eigenvalue weighted by Gasteiger charge is -2.16. The van der Waals surface area contributed by atoms with E-state index in [2.05, 4.69) is 33.8 Å². The van der Waals surface area contributed by atoms with Crippen LogP contribution < -0.4 is 11.1 Å². The third-order valence-electron chi connectivity index (χ3n) is 5.20. The number of likely N-dealkylation sites (tertiary alicyclic amines) is 1. The van der Waals surface area contributed by atoms with Gasteiger partial charge in [0.05, 0.1) is 18.8 Å². The molecule has 0 radical (unpaired) electrons. The third kappa shape index (κ3) is 4.04. The van der Waals surface area contributed by atoms with E-state index in [-0.39, 0.29) is 29.1 Å². The van der Waals surface area contributed by atoms with Gasteiger partial charge >= 0.3 is 0 Å². The first-order chi connectivity index (χ1) is 16.0. The van der Waals surface area contributed by atoms with Gasteiger partial charge in [0, 0.05) is 20.0 Å². The van der Waals surface area contributed by atoms with E-state index < -0.39 is 5.91 Å². The fourth-order valence-electron chi connectivity index (χ4n) is 3.79. The summed E-state index contributed by atoms with van der Waals surface area (Å²) in [5, 5.41) is 7.53. The molecule has 0 bridgehead atoms. The second kappa shape index (κ2) is 8.92. The quantitative estimate of drug-likeness (QED) is 0.348. The molecule has 0 unspecified atom stereocenters. The number of para-hydroxylation sites is 2. The highest BCUT2D eigenvalue weighted by molar-refractivity contribution is 6.00. The molecule has 10 heteroatoms. The molecule has 1 fully saturated rings. The number of methoxy groups -OCH3 is 1. The lowest BCUT2D eigenvalue weighted by Crippen LogP contribution is -2.27. The van der Waals surface area contributed by atoms with Crippen molar-refractivity contribution >= 4 is 28.7 Å². The number of benzene rings is 1. The van der Waals surface area contributed by atoms with Crippen molar-refractivity contribution in [1.29, 1.82) is 0 Å². The van der Waals surface area contributed by atoms with E-state index in [0.29, 0.717) is 35.6 Å². The van der Waals surface area contributed by atoms with E-state index in [1.54, 1.807) is 22.7 Å². The number of nitrogens with two attached hydrogens (primary N) is 1. The molecule has 1 aliphatic heterocycles. The number of carbonyl (C=O) groups is 2. The molecule has 33 heavy (non-hydrogen) atoms. The fourth-order valence-corrected chi connectivity index (χ4v) is 3.79. The van der Waals surface area contributed by atoms with Gasteiger partial charge in [0.25, 0.3) is 11.8 Å². The van der Waals surface area contributed by atoms with Crippen molar-refractivity contribution in [3.8, 4) is 11.8 Å². The summed E-state index contributed by atoms with van der Waals surface area (Å²) < 4.78 is 12.4. The summed E-state index contributed by atoms with van der Waals surface area (Å²) in [7, 11) is 3.17. The summed E-state index contributed by atoms with van der Waals surface area (Å²) in [5.74, 6) is 5.33. The summed E-state index contributed by atoms with van der Waals surface area (Å²) in [6.45, 7) is 3.87. The molecular weight excluding hydrogens is 424 g/mol. The number of hydrogen-bond acceptors (Lipinski definition) is 7. The summed E-state index contributed by atoms with van der Waals surface area (Å²) in [6, 6.07) is 7.01. The van der Waals surface area contributed by atoms with Crippen LogP contribution in [0.4, 0.5) is 5.82 Å². The van der Waals surface area contributed by atoms with E-state index in [1.165, 1.54) is 19.4 Å². The molecule has 3 heterocycles. The molecule has 1 atom stereocenters. The number of hydrogen-bond donors (Lipinski definition) is 2. The van der Waals surface area contributed by atoms with Crippen LogP contribution in [0.25, 0.3) is 11.1 Å². The van der Waals surface area contributed by atoms with Crippen LogP contribution in [-0.2, 0) is 9.53 Å². The zero-order valence-electron chi connectivity index (χ0n) is 18.2. The minimum Gasteiger partial charge on any atom is -0.503 e. The Hall–Kier alpha value is -4.52. The van der Waals surface area contributed by atoms with Crippen LogP contribution in [-0.4, -0.2) is 52.2 Å². The number of oxazole rings is 1. The van der Waals surface area contributed by atoms with Crippen molar-refractivity contribution in [3.05, 3.63) is 66.0 Å². The van der Waals surface area contributed by atoms with Crippen molar-refractivity contribution in [2.24, 2.45) is 5.73 Å². The smallest absolute Gasteiger partial charge is 0.274 e. The lowest BCUT2D eigenvalue weighted by atomic mass is 10.2. The zero-order valence-corrected chi connectivity index (χ0v) is 18.2. The summed E-state index contributed by atoms with van der Waals surface area (Å²) in [6.07, 6.45) is 3.19. The molecule has 0 aliphatic carbocycles. The number of carbonyl (C=O) groups excluding carboxylic acids is 2. The highest BCUT2D eigenvalue weighted by atomic mass is 16.5. The van der Waals surface area contributed by atoms with Crippen LogP contribution in [0.15, 0.2) is 53.3 Å². The van der Waals surface area contributed by atoms with Gasteiger partial charge in [0.2, 0.25) is 5.91 Å². The van der Waals surface area contributed by atoms with Gasteiger partial charge in [-0.2, -0.15) is 5.10 Å². The maximum Gasteiger partial charge on any atom is 0.274 e. The molecule has 10 nitrogen and oxygen atoms in total. The summed E-state index contributed by atoms with van der Waals surface area (Å²) >= 11 is 0.